The molecular formula is C19H21NO2. The molecule has 1 saturated carbocycles. The van der Waals surface area contributed by atoms with Crippen LogP contribution in [0.3, 0.4) is 0 Å². The van der Waals surface area contributed by atoms with Crippen LogP contribution in [0.2, 0.25) is 0 Å². The van der Waals surface area contributed by atoms with E-state index in [4.69, 9.17) is 4.42 Å². The first-order valence-corrected chi connectivity index (χ1v) is 8.21. The third-order valence-electron chi connectivity index (χ3n) is 4.99. The molecule has 3 heteroatoms. The van der Waals surface area contributed by atoms with E-state index in [0.717, 1.165) is 38.0 Å². The zero-order valence-electron chi connectivity index (χ0n) is 12.7. The average Bonchev–Trinajstić information content (AvgIpc) is 2.96. The lowest BCUT2D eigenvalue weighted by atomic mass is 10.0. The Balaban J connectivity index is 1.42. The Morgan fingerprint density at radius 3 is 2.82 bits per heavy atom. The number of carbonyl (C=O) groups excluding carboxylic acids is 1. The van der Waals surface area contributed by atoms with Gasteiger partial charge in [-0.1, -0.05) is 30.3 Å². The van der Waals surface area contributed by atoms with Gasteiger partial charge in [0, 0.05) is 24.4 Å². The number of furan rings is 1. The van der Waals surface area contributed by atoms with Crippen LogP contribution in [0.15, 0.2) is 53.1 Å². The lowest BCUT2D eigenvalue weighted by molar-refractivity contribution is -0.133. The smallest absolute Gasteiger partial charge is 0.226 e. The molecule has 2 aliphatic rings. The van der Waals surface area contributed by atoms with Crippen molar-refractivity contribution in [2.24, 2.45) is 5.92 Å². The number of hydrogen-bond acceptors (Lipinski definition) is 2. The molecule has 1 amide bonds. The van der Waals surface area contributed by atoms with Gasteiger partial charge in [-0.2, -0.15) is 0 Å². The Kier molecular flexibility index (Phi) is 3.49. The van der Waals surface area contributed by atoms with E-state index >= 15 is 0 Å². The van der Waals surface area contributed by atoms with Gasteiger partial charge in [0.25, 0.3) is 0 Å². The maximum absolute atomic E-state index is 12.8. The van der Waals surface area contributed by atoms with Gasteiger partial charge in [-0.15, -0.1) is 0 Å². The molecule has 0 bridgehead atoms. The summed E-state index contributed by atoms with van der Waals surface area (Å²) in [6, 6.07) is 14.8. The molecule has 1 aromatic carbocycles. The normalized spacial score (nSPS) is 27.1. The van der Waals surface area contributed by atoms with Crippen LogP contribution in [0.5, 0.6) is 0 Å². The summed E-state index contributed by atoms with van der Waals surface area (Å²) in [7, 11) is 0. The van der Waals surface area contributed by atoms with Crippen molar-refractivity contribution >= 4 is 5.91 Å². The van der Waals surface area contributed by atoms with Crippen molar-refractivity contribution in [3.05, 3.63) is 60.1 Å². The predicted octanol–water partition coefficient (Wildman–Crippen LogP) is 3.62. The van der Waals surface area contributed by atoms with E-state index in [1.807, 2.05) is 18.2 Å². The highest BCUT2D eigenvalue weighted by Crippen LogP contribution is 2.49. The summed E-state index contributed by atoms with van der Waals surface area (Å²) in [5.41, 5.74) is 1.32. The van der Waals surface area contributed by atoms with E-state index in [1.165, 1.54) is 5.56 Å². The zero-order valence-corrected chi connectivity index (χ0v) is 12.7. The maximum atomic E-state index is 12.8. The van der Waals surface area contributed by atoms with Crippen LogP contribution >= 0.6 is 0 Å². The Labute approximate surface area is 130 Å². The first-order chi connectivity index (χ1) is 10.8. The van der Waals surface area contributed by atoms with Crippen LogP contribution in [-0.2, 0) is 11.2 Å². The van der Waals surface area contributed by atoms with E-state index in [1.54, 1.807) is 6.26 Å². The maximum Gasteiger partial charge on any atom is 0.226 e. The molecule has 1 aliphatic carbocycles. The van der Waals surface area contributed by atoms with Crippen LogP contribution in [-0.4, -0.2) is 23.4 Å². The van der Waals surface area contributed by atoms with Crippen LogP contribution in [0.25, 0.3) is 0 Å². The van der Waals surface area contributed by atoms with Gasteiger partial charge >= 0.3 is 0 Å². The molecule has 2 aromatic rings. The van der Waals surface area contributed by atoms with Gasteiger partial charge < -0.3 is 9.32 Å². The lowest BCUT2D eigenvalue weighted by Crippen LogP contribution is -2.38. The third kappa shape index (κ3) is 2.56. The Morgan fingerprint density at radius 1 is 1.18 bits per heavy atom. The zero-order chi connectivity index (χ0) is 14.9. The van der Waals surface area contributed by atoms with Gasteiger partial charge in [-0.05, 0) is 43.4 Å². The van der Waals surface area contributed by atoms with Crippen LogP contribution < -0.4 is 0 Å². The molecule has 1 saturated heterocycles. The van der Waals surface area contributed by atoms with Crippen molar-refractivity contribution in [1.29, 1.82) is 0 Å². The van der Waals surface area contributed by atoms with Crippen molar-refractivity contribution in [2.75, 3.05) is 6.54 Å². The molecule has 0 radical (unpaired) electrons. The summed E-state index contributed by atoms with van der Waals surface area (Å²) < 4.78 is 5.45. The molecule has 114 valence electrons. The monoisotopic (exact) mass is 295 g/mol. The number of likely N-dealkylation sites (tertiary alicyclic amines) is 1. The van der Waals surface area contributed by atoms with Crippen LogP contribution in [0.4, 0.5) is 0 Å². The first-order valence-electron chi connectivity index (χ1n) is 8.21. The summed E-state index contributed by atoms with van der Waals surface area (Å²) in [4.78, 5) is 14.9. The summed E-state index contributed by atoms with van der Waals surface area (Å²) in [5.74, 6) is 1.75. The molecule has 22 heavy (non-hydrogen) atoms. The van der Waals surface area contributed by atoms with E-state index in [9.17, 15) is 4.79 Å². The minimum absolute atomic E-state index is 0.141. The minimum Gasteiger partial charge on any atom is -0.469 e. The van der Waals surface area contributed by atoms with Crippen molar-refractivity contribution in [3.8, 4) is 0 Å². The van der Waals surface area contributed by atoms with E-state index in [-0.39, 0.29) is 5.92 Å². The van der Waals surface area contributed by atoms with Gasteiger partial charge in [-0.25, -0.2) is 0 Å². The van der Waals surface area contributed by atoms with Crippen molar-refractivity contribution in [3.63, 3.8) is 0 Å². The quantitative estimate of drug-likeness (QED) is 0.863. The standard InChI is InChI=1S/C19H21NO2/c21-19(17-13-16(17)18-9-5-11-22-18)20-10-4-8-15(20)12-14-6-2-1-3-7-14/h1-3,5-7,9,11,15-17H,4,8,10,12-13H2/t15-,16-,17-/m1/s1. The molecular weight excluding hydrogens is 274 g/mol. The molecule has 3 atom stereocenters. The summed E-state index contributed by atoms with van der Waals surface area (Å²) in [6.45, 7) is 0.914. The minimum atomic E-state index is 0.141. The Morgan fingerprint density at radius 2 is 2.05 bits per heavy atom. The topological polar surface area (TPSA) is 33.5 Å². The third-order valence-corrected chi connectivity index (χ3v) is 4.99. The van der Waals surface area contributed by atoms with Crippen molar-refractivity contribution < 1.29 is 9.21 Å². The molecule has 1 aliphatic heterocycles. The fraction of sp³-hybridized carbons (Fsp3) is 0.421. The van der Waals surface area contributed by atoms with E-state index in [0.29, 0.717) is 17.9 Å². The number of rotatable bonds is 4. The number of hydrogen-bond donors (Lipinski definition) is 0. The van der Waals surface area contributed by atoms with Crippen LogP contribution in [0.1, 0.15) is 36.5 Å². The summed E-state index contributed by atoms with van der Waals surface area (Å²) in [6.07, 6.45) is 5.87. The first kappa shape index (κ1) is 13.6. The van der Waals surface area contributed by atoms with Gasteiger partial charge in [0.2, 0.25) is 5.91 Å². The number of amides is 1. The molecule has 0 spiro atoms. The second-order valence-electron chi connectivity index (χ2n) is 6.48. The predicted molar refractivity (Wildman–Crippen MR) is 84.4 cm³/mol. The summed E-state index contributed by atoms with van der Waals surface area (Å²) >= 11 is 0. The Bertz CT molecular complexity index is 635. The fourth-order valence-corrected chi connectivity index (χ4v) is 3.72. The highest BCUT2D eigenvalue weighted by molar-refractivity contribution is 5.83. The molecule has 4 rings (SSSR count). The summed E-state index contributed by atoms with van der Waals surface area (Å²) in [5, 5.41) is 0. The highest BCUT2D eigenvalue weighted by Gasteiger charge is 2.49. The fourth-order valence-electron chi connectivity index (χ4n) is 3.72. The molecule has 2 fully saturated rings. The molecule has 0 unspecified atom stereocenters. The van der Waals surface area contributed by atoms with E-state index < -0.39 is 0 Å². The van der Waals surface area contributed by atoms with Gasteiger partial charge in [0.05, 0.1) is 6.26 Å². The second-order valence-corrected chi connectivity index (χ2v) is 6.48. The van der Waals surface area contributed by atoms with E-state index in [2.05, 4.69) is 29.2 Å². The SMILES string of the molecule is O=C([C@@H]1C[C@H]1c1ccco1)N1CCC[C@@H]1Cc1ccccc1. The molecule has 3 nitrogen and oxygen atoms in total. The molecule has 1 aromatic heterocycles. The average molecular weight is 295 g/mol. The second kappa shape index (κ2) is 5.64. The lowest BCUT2D eigenvalue weighted by Gasteiger charge is -2.25. The highest BCUT2D eigenvalue weighted by atomic mass is 16.3. The van der Waals surface area contributed by atoms with Gasteiger partial charge in [0.15, 0.2) is 0 Å². The molecule has 0 N–H and O–H groups in total. The van der Waals surface area contributed by atoms with Crippen molar-refractivity contribution in [1.82, 2.24) is 4.90 Å². The largest absolute Gasteiger partial charge is 0.469 e. The Hall–Kier alpha value is -2.03. The number of benzene rings is 1. The van der Waals surface area contributed by atoms with Gasteiger partial charge in [-0.3, -0.25) is 4.79 Å². The van der Waals surface area contributed by atoms with Gasteiger partial charge in [0.1, 0.15) is 5.76 Å². The number of carbonyl (C=O) groups is 1. The van der Waals surface area contributed by atoms with Crippen LogP contribution in [0, 0.1) is 5.92 Å². The number of nitrogens with zero attached hydrogens (tertiary/aromatic N) is 1. The van der Waals surface area contributed by atoms with Crippen molar-refractivity contribution in [2.45, 2.75) is 37.6 Å². The molecule has 2 heterocycles.